The fourth-order valence-corrected chi connectivity index (χ4v) is 2.39. The highest BCUT2D eigenvalue weighted by Gasteiger charge is 2.26. The zero-order valence-electron chi connectivity index (χ0n) is 11.2. The molecule has 0 atom stereocenters. The van der Waals surface area contributed by atoms with Gasteiger partial charge in [-0.15, -0.1) is 0 Å². The van der Waals surface area contributed by atoms with Crippen LogP contribution in [0.5, 0.6) is 5.75 Å². The molecule has 0 fully saturated rings. The zero-order valence-corrected chi connectivity index (χ0v) is 11.2. The average molecular weight is 272 g/mol. The minimum Gasteiger partial charge on any atom is -0.491 e. The third-order valence-corrected chi connectivity index (χ3v) is 3.37. The number of nitrogens with one attached hydrogen (secondary N) is 1. The maximum Gasteiger partial charge on any atom is 0.264 e. The number of H-pyrrole nitrogens is 1. The van der Waals surface area contributed by atoms with Crippen LogP contribution in [0.2, 0.25) is 0 Å². The summed E-state index contributed by atoms with van der Waals surface area (Å²) in [4.78, 5) is 14.5. The van der Waals surface area contributed by atoms with Crippen molar-refractivity contribution in [3.8, 4) is 5.75 Å². The van der Waals surface area contributed by atoms with Crippen molar-refractivity contribution in [3.63, 3.8) is 0 Å². The Morgan fingerprint density at radius 2 is 2.25 bits per heavy atom. The summed E-state index contributed by atoms with van der Waals surface area (Å²) in [5, 5.41) is 6.63. The Morgan fingerprint density at radius 1 is 1.45 bits per heavy atom. The molecular weight excluding hydrogens is 256 g/mol. The molecule has 3 N–H and O–H groups in total. The molecule has 0 saturated heterocycles. The van der Waals surface area contributed by atoms with Gasteiger partial charge in [-0.05, 0) is 25.5 Å². The van der Waals surface area contributed by atoms with Crippen LogP contribution in [-0.2, 0) is 0 Å². The minimum atomic E-state index is -0.147. The van der Waals surface area contributed by atoms with Gasteiger partial charge in [0.15, 0.2) is 5.82 Å². The zero-order chi connectivity index (χ0) is 14.1. The first-order valence-corrected chi connectivity index (χ1v) is 6.52. The molecule has 3 rings (SSSR count). The third-order valence-electron chi connectivity index (χ3n) is 3.37. The Kier molecular flexibility index (Phi) is 3.06. The molecule has 20 heavy (non-hydrogen) atoms. The monoisotopic (exact) mass is 272 g/mol. The van der Waals surface area contributed by atoms with Crippen LogP contribution in [0.1, 0.15) is 22.5 Å². The standard InChI is InChI=1S/C14H16N4O2/c1-9-12(13(15)17-16-9)14(19)18-7-4-8-20-11-6-3-2-5-10(11)18/h2-3,5-6H,4,7-8H2,1H3,(H3,15,16,17). The molecule has 0 aliphatic carbocycles. The van der Waals surface area contributed by atoms with E-state index < -0.39 is 0 Å². The molecule has 0 bridgehead atoms. The van der Waals surface area contributed by atoms with Gasteiger partial charge in [0.25, 0.3) is 5.91 Å². The van der Waals surface area contributed by atoms with E-state index in [1.807, 2.05) is 24.3 Å². The summed E-state index contributed by atoms with van der Waals surface area (Å²) in [5.41, 5.74) is 7.67. The first-order valence-electron chi connectivity index (χ1n) is 6.52. The summed E-state index contributed by atoms with van der Waals surface area (Å²) in [6, 6.07) is 7.53. The lowest BCUT2D eigenvalue weighted by atomic mass is 10.1. The first-order chi connectivity index (χ1) is 9.68. The van der Waals surface area contributed by atoms with Crippen LogP contribution in [0, 0.1) is 6.92 Å². The number of nitrogens with zero attached hydrogens (tertiary/aromatic N) is 2. The van der Waals surface area contributed by atoms with E-state index in [1.54, 1.807) is 11.8 Å². The second-order valence-corrected chi connectivity index (χ2v) is 4.74. The first kappa shape index (κ1) is 12.5. The fraction of sp³-hybridized carbons (Fsp3) is 0.286. The third kappa shape index (κ3) is 1.99. The lowest BCUT2D eigenvalue weighted by Gasteiger charge is -2.21. The van der Waals surface area contributed by atoms with Gasteiger partial charge in [0.05, 0.1) is 12.3 Å². The van der Waals surface area contributed by atoms with Gasteiger partial charge in [0.2, 0.25) is 0 Å². The van der Waals surface area contributed by atoms with Gasteiger partial charge in [-0.1, -0.05) is 12.1 Å². The molecule has 1 aromatic carbocycles. The van der Waals surface area contributed by atoms with Crippen LogP contribution in [0.25, 0.3) is 0 Å². The SMILES string of the molecule is Cc1[nH]nc(N)c1C(=O)N1CCCOc2ccccc21. The van der Waals surface area contributed by atoms with E-state index in [0.717, 1.165) is 17.9 Å². The Hall–Kier alpha value is -2.50. The van der Waals surface area contributed by atoms with Gasteiger partial charge >= 0.3 is 0 Å². The molecule has 0 unspecified atom stereocenters. The molecule has 6 nitrogen and oxygen atoms in total. The highest BCUT2D eigenvalue weighted by Crippen LogP contribution is 2.32. The number of anilines is 2. The maximum absolute atomic E-state index is 12.7. The number of nitrogen functional groups attached to an aromatic ring is 1. The molecule has 0 saturated carbocycles. The molecule has 0 spiro atoms. The number of aromatic nitrogens is 2. The summed E-state index contributed by atoms with van der Waals surface area (Å²) < 4.78 is 5.66. The van der Waals surface area contributed by atoms with Gasteiger partial charge < -0.3 is 15.4 Å². The van der Waals surface area contributed by atoms with Crippen LogP contribution < -0.4 is 15.4 Å². The number of hydrogen-bond donors (Lipinski definition) is 2. The van der Waals surface area contributed by atoms with Crippen molar-refractivity contribution in [2.75, 3.05) is 23.8 Å². The largest absolute Gasteiger partial charge is 0.491 e. The number of carbonyl (C=O) groups is 1. The Bertz CT molecular complexity index is 631. The maximum atomic E-state index is 12.7. The lowest BCUT2D eigenvalue weighted by molar-refractivity contribution is 0.0987. The number of ether oxygens (including phenoxy) is 1. The van der Waals surface area contributed by atoms with Gasteiger partial charge in [-0.25, -0.2) is 0 Å². The molecule has 1 aliphatic heterocycles. The number of fused-ring (bicyclic) bond motifs is 1. The van der Waals surface area contributed by atoms with Crippen LogP contribution in [0.3, 0.4) is 0 Å². The van der Waals surface area contributed by atoms with E-state index in [9.17, 15) is 4.79 Å². The number of nitrogens with two attached hydrogens (primary N) is 1. The number of benzene rings is 1. The van der Waals surface area contributed by atoms with Crippen molar-refractivity contribution in [1.29, 1.82) is 0 Å². The number of rotatable bonds is 1. The van der Waals surface area contributed by atoms with E-state index in [1.165, 1.54) is 0 Å². The van der Waals surface area contributed by atoms with Gasteiger partial charge in [-0.2, -0.15) is 5.10 Å². The molecule has 6 heteroatoms. The quantitative estimate of drug-likeness (QED) is 0.828. The van der Waals surface area contributed by atoms with Crippen LogP contribution in [-0.4, -0.2) is 29.3 Å². The molecular formula is C14H16N4O2. The van der Waals surface area contributed by atoms with Gasteiger partial charge in [0, 0.05) is 12.2 Å². The lowest BCUT2D eigenvalue weighted by Crippen LogP contribution is -2.32. The Morgan fingerprint density at radius 3 is 3.00 bits per heavy atom. The minimum absolute atomic E-state index is 0.147. The predicted molar refractivity (Wildman–Crippen MR) is 76.0 cm³/mol. The topological polar surface area (TPSA) is 84.2 Å². The fourth-order valence-electron chi connectivity index (χ4n) is 2.39. The van der Waals surface area contributed by atoms with Crippen molar-refractivity contribution in [1.82, 2.24) is 10.2 Å². The summed E-state index contributed by atoms with van der Waals surface area (Å²) >= 11 is 0. The van der Waals surface area contributed by atoms with Crippen molar-refractivity contribution >= 4 is 17.4 Å². The van der Waals surface area contributed by atoms with Gasteiger partial charge in [-0.3, -0.25) is 9.89 Å². The smallest absolute Gasteiger partial charge is 0.264 e. The number of hydrogen-bond acceptors (Lipinski definition) is 4. The van der Waals surface area contributed by atoms with Crippen molar-refractivity contribution < 1.29 is 9.53 Å². The number of carbonyl (C=O) groups excluding carboxylic acids is 1. The Labute approximate surface area is 116 Å². The highest BCUT2D eigenvalue weighted by molar-refractivity contribution is 6.10. The van der Waals surface area contributed by atoms with Crippen molar-refractivity contribution in [2.45, 2.75) is 13.3 Å². The molecule has 2 heterocycles. The molecule has 2 aromatic rings. The summed E-state index contributed by atoms with van der Waals surface area (Å²) in [6.45, 7) is 2.98. The summed E-state index contributed by atoms with van der Waals surface area (Å²) in [5.74, 6) is 0.805. The van der Waals surface area contributed by atoms with Crippen LogP contribution >= 0.6 is 0 Å². The number of amides is 1. The van der Waals surface area contributed by atoms with Gasteiger partial charge in [0.1, 0.15) is 11.3 Å². The van der Waals surface area contributed by atoms with E-state index in [4.69, 9.17) is 10.5 Å². The average Bonchev–Trinajstić information content (AvgIpc) is 2.67. The highest BCUT2D eigenvalue weighted by atomic mass is 16.5. The van der Waals surface area contributed by atoms with E-state index in [-0.39, 0.29) is 11.7 Å². The van der Waals surface area contributed by atoms with E-state index in [2.05, 4.69) is 10.2 Å². The Balaban J connectivity index is 2.04. The summed E-state index contributed by atoms with van der Waals surface area (Å²) in [6.07, 6.45) is 0.775. The van der Waals surface area contributed by atoms with E-state index in [0.29, 0.717) is 24.4 Å². The van der Waals surface area contributed by atoms with Crippen LogP contribution in [0.15, 0.2) is 24.3 Å². The van der Waals surface area contributed by atoms with Crippen LogP contribution in [0.4, 0.5) is 11.5 Å². The normalized spacial score (nSPS) is 14.3. The molecule has 1 amide bonds. The summed E-state index contributed by atoms with van der Waals surface area (Å²) in [7, 11) is 0. The predicted octanol–water partition coefficient (Wildman–Crippen LogP) is 1.73. The number of aromatic amines is 1. The van der Waals surface area contributed by atoms with E-state index >= 15 is 0 Å². The number of para-hydroxylation sites is 2. The molecule has 1 aromatic heterocycles. The van der Waals surface area contributed by atoms with Crippen molar-refractivity contribution in [2.24, 2.45) is 0 Å². The molecule has 0 radical (unpaired) electrons. The second kappa shape index (κ2) is 4.88. The van der Waals surface area contributed by atoms with Crippen molar-refractivity contribution in [3.05, 3.63) is 35.5 Å². The second-order valence-electron chi connectivity index (χ2n) is 4.74. The molecule has 104 valence electrons. The number of aryl methyl sites for hydroxylation is 1. The molecule has 1 aliphatic rings.